The largest absolute Gasteiger partial charge is 0.377 e. The minimum absolute atomic E-state index is 0.143. The molecule has 0 saturated carbocycles. The monoisotopic (exact) mass is 157 g/mol. The topological polar surface area (TPSA) is 35.2 Å². The lowest BCUT2D eigenvalue weighted by molar-refractivity contribution is 0.158. The zero-order chi connectivity index (χ0) is 8.53. The first-order valence-electron chi connectivity index (χ1n) is 4.27. The number of rotatable bonds is 6. The fraction of sp³-hybridized carbons (Fsp3) is 0.778. The van der Waals surface area contributed by atoms with E-state index in [4.69, 9.17) is 10.5 Å². The van der Waals surface area contributed by atoms with Crippen LogP contribution in [0.5, 0.6) is 0 Å². The van der Waals surface area contributed by atoms with Gasteiger partial charge in [0, 0.05) is 12.6 Å². The molecular weight excluding hydrogens is 138 g/mol. The molecule has 0 fully saturated rings. The Hall–Kier alpha value is -0.340. The highest BCUT2D eigenvalue weighted by Gasteiger charge is 1.84. The molecule has 2 heteroatoms. The highest BCUT2D eigenvalue weighted by atomic mass is 16.5. The number of nitrogens with two attached hydrogens (primary N) is 1. The minimum Gasteiger partial charge on any atom is -0.377 e. The Balaban J connectivity index is 3.01. The molecule has 2 nitrogen and oxygen atoms in total. The van der Waals surface area contributed by atoms with Crippen LogP contribution in [0, 0.1) is 0 Å². The summed E-state index contributed by atoms with van der Waals surface area (Å²) >= 11 is 0. The third-order valence-corrected chi connectivity index (χ3v) is 1.30. The number of hydrogen-bond acceptors (Lipinski definition) is 2. The lowest BCUT2D eigenvalue weighted by Crippen LogP contribution is -2.10. The molecule has 0 heterocycles. The molecule has 0 radical (unpaired) electrons. The van der Waals surface area contributed by atoms with Crippen molar-refractivity contribution in [1.82, 2.24) is 0 Å². The Morgan fingerprint density at radius 2 is 2.27 bits per heavy atom. The van der Waals surface area contributed by atoms with Crippen molar-refractivity contribution in [2.45, 2.75) is 32.7 Å². The molecule has 0 aliphatic carbocycles. The second-order valence-corrected chi connectivity index (χ2v) is 2.72. The molecule has 0 aliphatic heterocycles. The summed E-state index contributed by atoms with van der Waals surface area (Å²) in [7, 11) is 0. The third-order valence-electron chi connectivity index (χ3n) is 1.30. The van der Waals surface area contributed by atoms with Gasteiger partial charge in [0.2, 0.25) is 0 Å². The molecule has 0 rings (SSSR count). The molecule has 0 aliphatic rings. The van der Waals surface area contributed by atoms with E-state index in [1.165, 1.54) is 6.42 Å². The Morgan fingerprint density at radius 1 is 1.55 bits per heavy atom. The second kappa shape index (κ2) is 7.76. The Kier molecular flexibility index (Phi) is 7.52. The fourth-order valence-corrected chi connectivity index (χ4v) is 0.668. The molecule has 66 valence electrons. The van der Waals surface area contributed by atoms with E-state index in [0.29, 0.717) is 6.61 Å². The average Bonchev–Trinajstić information content (AvgIpc) is 1.96. The summed E-state index contributed by atoms with van der Waals surface area (Å²) in [6.07, 6.45) is 6.26. The van der Waals surface area contributed by atoms with Gasteiger partial charge < -0.3 is 10.5 Å². The van der Waals surface area contributed by atoms with Crippen molar-refractivity contribution in [2.24, 2.45) is 5.73 Å². The lowest BCUT2D eigenvalue weighted by Gasteiger charge is -1.98. The van der Waals surface area contributed by atoms with Gasteiger partial charge in [0.15, 0.2) is 0 Å². The van der Waals surface area contributed by atoms with Crippen molar-refractivity contribution < 1.29 is 4.74 Å². The van der Waals surface area contributed by atoms with Crippen molar-refractivity contribution in [2.75, 3.05) is 13.2 Å². The normalized spacial score (nSPS) is 14.1. The third kappa shape index (κ3) is 9.66. The summed E-state index contributed by atoms with van der Waals surface area (Å²) in [5, 5.41) is 0. The van der Waals surface area contributed by atoms with E-state index >= 15 is 0 Å². The molecule has 0 bridgehead atoms. The highest BCUT2D eigenvalue weighted by molar-refractivity contribution is 4.88. The van der Waals surface area contributed by atoms with Gasteiger partial charge in [0.1, 0.15) is 0 Å². The van der Waals surface area contributed by atoms with E-state index < -0.39 is 0 Å². The van der Waals surface area contributed by atoms with Crippen LogP contribution < -0.4 is 5.73 Å². The number of hydrogen-bond donors (Lipinski definition) is 1. The zero-order valence-electron chi connectivity index (χ0n) is 7.55. The number of ether oxygens (including phenoxy) is 1. The van der Waals surface area contributed by atoms with Crippen molar-refractivity contribution in [3.05, 3.63) is 12.2 Å². The zero-order valence-corrected chi connectivity index (χ0v) is 7.55. The summed E-state index contributed by atoms with van der Waals surface area (Å²) in [5.41, 5.74) is 5.49. The second-order valence-electron chi connectivity index (χ2n) is 2.72. The van der Waals surface area contributed by atoms with E-state index in [1.807, 2.05) is 19.1 Å². The summed E-state index contributed by atoms with van der Waals surface area (Å²) in [6, 6.07) is 0.143. The van der Waals surface area contributed by atoms with E-state index in [0.717, 1.165) is 13.0 Å². The molecule has 0 aromatic carbocycles. The van der Waals surface area contributed by atoms with Gasteiger partial charge in [0.05, 0.1) is 6.61 Å². The quantitative estimate of drug-likeness (QED) is 0.470. The van der Waals surface area contributed by atoms with Crippen molar-refractivity contribution >= 4 is 0 Å². The molecule has 0 amide bonds. The first-order chi connectivity index (χ1) is 5.27. The van der Waals surface area contributed by atoms with Gasteiger partial charge in [-0.05, 0) is 13.3 Å². The van der Waals surface area contributed by atoms with Gasteiger partial charge in [0.25, 0.3) is 0 Å². The first kappa shape index (κ1) is 10.7. The standard InChI is InChI=1S/C9H19NO/c1-3-4-7-11-8-5-6-9(2)10/h5-6,9H,3-4,7-8,10H2,1-2H3/b6-5-/t9-/m1/s1. The lowest BCUT2D eigenvalue weighted by atomic mass is 10.3. The summed E-state index contributed by atoms with van der Waals surface area (Å²) < 4.78 is 5.28. The summed E-state index contributed by atoms with van der Waals surface area (Å²) in [4.78, 5) is 0. The van der Waals surface area contributed by atoms with Crippen LogP contribution in [-0.4, -0.2) is 19.3 Å². The molecule has 0 unspecified atom stereocenters. The van der Waals surface area contributed by atoms with Crippen LogP contribution in [0.15, 0.2) is 12.2 Å². The van der Waals surface area contributed by atoms with E-state index in [1.54, 1.807) is 0 Å². The maximum atomic E-state index is 5.49. The minimum atomic E-state index is 0.143. The van der Waals surface area contributed by atoms with Crippen LogP contribution in [0.2, 0.25) is 0 Å². The highest BCUT2D eigenvalue weighted by Crippen LogP contribution is 1.88. The van der Waals surface area contributed by atoms with Gasteiger partial charge in [-0.15, -0.1) is 0 Å². The molecule has 2 N–H and O–H groups in total. The van der Waals surface area contributed by atoms with E-state index in [9.17, 15) is 0 Å². The summed E-state index contributed by atoms with van der Waals surface area (Å²) in [5.74, 6) is 0. The average molecular weight is 157 g/mol. The van der Waals surface area contributed by atoms with Crippen LogP contribution in [0.1, 0.15) is 26.7 Å². The van der Waals surface area contributed by atoms with Crippen molar-refractivity contribution in [3.63, 3.8) is 0 Å². The molecule has 0 spiro atoms. The van der Waals surface area contributed by atoms with Gasteiger partial charge in [-0.25, -0.2) is 0 Å². The van der Waals surface area contributed by atoms with E-state index in [2.05, 4.69) is 6.92 Å². The smallest absolute Gasteiger partial charge is 0.0648 e. The Morgan fingerprint density at radius 3 is 2.82 bits per heavy atom. The van der Waals surface area contributed by atoms with Gasteiger partial charge >= 0.3 is 0 Å². The van der Waals surface area contributed by atoms with Gasteiger partial charge in [-0.2, -0.15) is 0 Å². The summed E-state index contributed by atoms with van der Waals surface area (Å²) in [6.45, 7) is 5.66. The maximum Gasteiger partial charge on any atom is 0.0648 e. The van der Waals surface area contributed by atoms with Crippen LogP contribution in [-0.2, 0) is 4.74 Å². The maximum absolute atomic E-state index is 5.49. The molecule has 0 aromatic heterocycles. The Labute approximate surface area is 69.4 Å². The van der Waals surface area contributed by atoms with Crippen molar-refractivity contribution in [1.29, 1.82) is 0 Å². The SMILES string of the molecule is CCCCOC/C=C\[C@@H](C)N. The van der Waals surface area contributed by atoms with Crippen molar-refractivity contribution in [3.8, 4) is 0 Å². The van der Waals surface area contributed by atoms with Gasteiger partial charge in [-0.3, -0.25) is 0 Å². The van der Waals surface area contributed by atoms with Crippen LogP contribution in [0.3, 0.4) is 0 Å². The van der Waals surface area contributed by atoms with Crippen LogP contribution in [0.4, 0.5) is 0 Å². The van der Waals surface area contributed by atoms with Gasteiger partial charge in [-0.1, -0.05) is 25.5 Å². The molecule has 1 atom stereocenters. The fourth-order valence-electron chi connectivity index (χ4n) is 0.668. The number of unbranched alkanes of at least 4 members (excludes halogenated alkanes) is 1. The first-order valence-corrected chi connectivity index (χ1v) is 4.27. The Bertz CT molecular complexity index is 99.7. The predicted octanol–water partition coefficient (Wildman–Crippen LogP) is 1.71. The molecule has 0 saturated heterocycles. The molecule has 11 heavy (non-hydrogen) atoms. The van der Waals surface area contributed by atoms with Crippen LogP contribution in [0.25, 0.3) is 0 Å². The molecule has 0 aromatic rings. The predicted molar refractivity (Wildman–Crippen MR) is 48.5 cm³/mol. The molecular formula is C9H19NO. The van der Waals surface area contributed by atoms with E-state index in [-0.39, 0.29) is 6.04 Å². The van der Waals surface area contributed by atoms with Crippen LogP contribution >= 0.6 is 0 Å².